The molecule has 0 aliphatic heterocycles. The summed E-state index contributed by atoms with van der Waals surface area (Å²) in [5.74, 6) is 0. The van der Waals surface area contributed by atoms with Crippen LogP contribution < -0.4 is 9.80 Å². The molecule has 0 N–H and O–H groups in total. The molecule has 11 aromatic rings. The number of benzene rings is 11. The molecule has 0 aromatic heterocycles. The maximum Gasteiger partial charge on any atom is 0.0540 e. The highest BCUT2D eigenvalue weighted by Crippen LogP contribution is 2.52. The monoisotopic (exact) mass is 908 g/mol. The zero-order valence-corrected chi connectivity index (χ0v) is 40.0. The fourth-order valence-corrected chi connectivity index (χ4v) is 10.8. The lowest BCUT2D eigenvalue weighted by molar-refractivity contribution is 0.660. The predicted molar refractivity (Wildman–Crippen MR) is 301 cm³/mol. The summed E-state index contributed by atoms with van der Waals surface area (Å²) < 4.78 is 0. The quantitative estimate of drug-likeness (QED) is 0.128. The molecule has 0 unspecified atom stereocenters. The van der Waals surface area contributed by atoms with E-state index in [-0.39, 0.29) is 5.41 Å². The Bertz CT molecular complexity index is 3650. The van der Waals surface area contributed by atoms with E-state index in [0.29, 0.717) is 0 Å². The highest BCUT2D eigenvalue weighted by atomic mass is 15.2. The highest BCUT2D eigenvalue weighted by Gasteiger charge is 2.36. The summed E-state index contributed by atoms with van der Waals surface area (Å²) in [4.78, 5) is 4.88. The third kappa shape index (κ3) is 8.10. The third-order valence-corrected chi connectivity index (χ3v) is 14.3. The SMILES string of the molecule is CC1(C)c2ccccc2-c2ccc(N(c3ccc(-c4ccccc4)cc3)c3ccccc3-c3ccccc3-c3ccccc3N(c3ccc(-c4ccccc4)cc3)c3cccc(-c4ccccc4)c3)cc21. The summed E-state index contributed by atoms with van der Waals surface area (Å²) in [5, 5.41) is 0. The number of nitrogens with zero attached hydrogens (tertiary/aromatic N) is 2. The zero-order valence-electron chi connectivity index (χ0n) is 40.0. The first-order chi connectivity index (χ1) is 35.0. The summed E-state index contributed by atoms with van der Waals surface area (Å²) in [7, 11) is 0. The Morgan fingerprint density at radius 3 is 1.08 bits per heavy atom. The van der Waals surface area contributed by atoms with Crippen LogP contribution in [-0.4, -0.2) is 0 Å². The number of hydrogen-bond acceptors (Lipinski definition) is 2. The molecule has 0 radical (unpaired) electrons. The van der Waals surface area contributed by atoms with Gasteiger partial charge < -0.3 is 9.80 Å². The average molecular weight is 909 g/mol. The molecule has 2 nitrogen and oxygen atoms in total. The van der Waals surface area contributed by atoms with Crippen LogP contribution in [-0.2, 0) is 5.41 Å². The first-order valence-corrected chi connectivity index (χ1v) is 24.6. The van der Waals surface area contributed by atoms with Crippen molar-refractivity contribution in [1.29, 1.82) is 0 Å². The topological polar surface area (TPSA) is 6.48 Å². The molecule has 1 aliphatic carbocycles. The normalized spacial score (nSPS) is 12.2. The Morgan fingerprint density at radius 1 is 0.225 bits per heavy atom. The van der Waals surface area contributed by atoms with E-state index in [2.05, 4.69) is 303 Å². The van der Waals surface area contributed by atoms with E-state index < -0.39 is 0 Å². The minimum Gasteiger partial charge on any atom is -0.310 e. The smallest absolute Gasteiger partial charge is 0.0540 e. The van der Waals surface area contributed by atoms with Crippen molar-refractivity contribution in [3.8, 4) is 66.8 Å². The molecule has 0 atom stereocenters. The van der Waals surface area contributed by atoms with Crippen LogP contribution in [0.5, 0.6) is 0 Å². The Labute approximate surface area is 418 Å². The van der Waals surface area contributed by atoms with Gasteiger partial charge in [0.15, 0.2) is 0 Å². The second-order valence-corrected chi connectivity index (χ2v) is 18.9. The first-order valence-electron chi connectivity index (χ1n) is 24.6. The van der Waals surface area contributed by atoms with Crippen molar-refractivity contribution in [2.24, 2.45) is 0 Å². The summed E-state index contributed by atoms with van der Waals surface area (Å²) in [6.45, 7) is 4.72. The molecule has 0 heterocycles. The summed E-state index contributed by atoms with van der Waals surface area (Å²) in [6, 6.07) is 102. The number of para-hydroxylation sites is 2. The van der Waals surface area contributed by atoms with Gasteiger partial charge in [-0.2, -0.15) is 0 Å². The molecule has 0 saturated heterocycles. The van der Waals surface area contributed by atoms with Crippen LogP contribution in [0.2, 0.25) is 0 Å². The van der Waals surface area contributed by atoms with Crippen molar-refractivity contribution in [3.05, 3.63) is 290 Å². The van der Waals surface area contributed by atoms with Crippen LogP contribution in [0.15, 0.2) is 279 Å². The van der Waals surface area contributed by atoms with Crippen molar-refractivity contribution >= 4 is 34.1 Å². The van der Waals surface area contributed by atoms with Gasteiger partial charge in [-0.1, -0.05) is 232 Å². The maximum atomic E-state index is 2.46. The van der Waals surface area contributed by atoms with E-state index in [9.17, 15) is 0 Å². The fourth-order valence-electron chi connectivity index (χ4n) is 10.8. The molecule has 11 aromatic carbocycles. The minimum atomic E-state index is -0.158. The van der Waals surface area contributed by atoms with Gasteiger partial charge in [0.2, 0.25) is 0 Å². The van der Waals surface area contributed by atoms with Gasteiger partial charge in [-0.25, -0.2) is 0 Å². The Hall–Kier alpha value is -8.98. The van der Waals surface area contributed by atoms with Gasteiger partial charge in [-0.15, -0.1) is 0 Å². The second kappa shape index (κ2) is 18.5. The molecular weight excluding hydrogens is 857 g/mol. The van der Waals surface area contributed by atoms with Crippen molar-refractivity contribution in [3.63, 3.8) is 0 Å². The second-order valence-electron chi connectivity index (χ2n) is 18.9. The van der Waals surface area contributed by atoms with E-state index in [0.717, 1.165) is 61.9 Å². The van der Waals surface area contributed by atoms with E-state index in [1.165, 1.54) is 50.1 Å². The highest BCUT2D eigenvalue weighted by molar-refractivity contribution is 5.99. The standard InChI is InChI=1S/C69H52N2/c1-69(2)65-34-17-14-31-61(65)62-46-45-58(48-66(62)69)71(56-43-39-53(40-44-56)50-23-8-4-9-24-50)68-36-19-16-33-64(68)60-30-13-12-29-59(60)63-32-15-18-35-67(63)70(55-41-37-52(38-42-55)49-21-6-3-7-22-49)57-28-20-27-54(47-57)51-25-10-5-11-26-51/h3-48H,1-2H3. The maximum absolute atomic E-state index is 2.46. The molecule has 71 heavy (non-hydrogen) atoms. The van der Waals surface area contributed by atoms with E-state index in [4.69, 9.17) is 0 Å². The third-order valence-electron chi connectivity index (χ3n) is 14.3. The van der Waals surface area contributed by atoms with Gasteiger partial charge in [0.05, 0.1) is 11.4 Å². The molecule has 0 amide bonds. The molecular formula is C69H52N2. The lowest BCUT2D eigenvalue weighted by atomic mass is 9.82. The van der Waals surface area contributed by atoms with Gasteiger partial charge in [0.25, 0.3) is 0 Å². The fraction of sp³-hybridized carbons (Fsp3) is 0.0435. The van der Waals surface area contributed by atoms with Crippen LogP contribution in [0, 0.1) is 0 Å². The van der Waals surface area contributed by atoms with E-state index in [1.54, 1.807) is 0 Å². The summed E-state index contributed by atoms with van der Waals surface area (Å²) in [6.07, 6.45) is 0. The number of fused-ring (bicyclic) bond motifs is 3. The molecule has 1 aliphatic rings. The van der Waals surface area contributed by atoms with Crippen LogP contribution in [0.25, 0.3) is 66.8 Å². The van der Waals surface area contributed by atoms with Crippen molar-refractivity contribution < 1.29 is 0 Å². The minimum absolute atomic E-state index is 0.158. The lowest BCUT2D eigenvalue weighted by Crippen LogP contribution is -2.17. The van der Waals surface area contributed by atoms with Gasteiger partial charge in [-0.3, -0.25) is 0 Å². The molecule has 0 fully saturated rings. The predicted octanol–water partition coefficient (Wildman–Crippen LogP) is 19.3. The Morgan fingerprint density at radius 2 is 0.577 bits per heavy atom. The zero-order chi connectivity index (χ0) is 47.7. The van der Waals surface area contributed by atoms with Gasteiger partial charge in [-0.05, 0) is 127 Å². The van der Waals surface area contributed by atoms with Crippen molar-refractivity contribution in [1.82, 2.24) is 0 Å². The molecule has 12 rings (SSSR count). The van der Waals surface area contributed by atoms with Crippen molar-refractivity contribution in [2.75, 3.05) is 9.80 Å². The number of rotatable bonds is 11. The van der Waals surface area contributed by atoms with Crippen LogP contribution in [0.4, 0.5) is 34.1 Å². The van der Waals surface area contributed by atoms with E-state index in [1.807, 2.05) is 0 Å². The first kappa shape index (κ1) is 43.3. The van der Waals surface area contributed by atoms with Crippen LogP contribution in [0.3, 0.4) is 0 Å². The van der Waals surface area contributed by atoms with Gasteiger partial charge in [0.1, 0.15) is 0 Å². The Balaban J connectivity index is 1.02. The summed E-state index contributed by atoms with van der Waals surface area (Å²) >= 11 is 0. The lowest BCUT2D eigenvalue weighted by Gasteiger charge is -2.31. The van der Waals surface area contributed by atoms with Crippen LogP contribution in [0.1, 0.15) is 25.0 Å². The number of hydrogen-bond donors (Lipinski definition) is 0. The molecule has 0 bridgehead atoms. The average Bonchev–Trinajstić information content (AvgIpc) is 3.67. The van der Waals surface area contributed by atoms with Crippen LogP contribution >= 0.6 is 0 Å². The molecule has 0 saturated carbocycles. The number of anilines is 6. The van der Waals surface area contributed by atoms with Crippen molar-refractivity contribution in [2.45, 2.75) is 19.3 Å². The van der Waals surface area contributed by atoms with Gasteiger partial charge >= 0.3 is 0 Å². The summed E-state index contributed by atoms with van der Waals surface area (Å²) in [5.41, 5.74) is 23.4. The largest absolute Gasteiger partial charge is 0.310 e. The molecule has 0 spiro atoms. The van der Waals surface area contributed by atoms with E-state index >= 15 is 0 Å². The van der Waals surface area contributed by atoms with Gasteiger partial charge in [0, 0.05) is 39.3 Å². The molecule has 338 valence electrons. The Kier molecular flexibility index (Phi) is 11.3. The molecule has 2 heteroatoms.